The molecule has 1 N–H and O–H groups in total. The zero-order chi connectivity index (χ0) is 18.8. The van der Waals surface area contributed by atoms with E-state index in [-0.39, 0.29) is 5.75 Å². The molecule has 0 aliphatic carbocycles. The summed E-state index contributed by atoms with van der Waals surface area (Å²) in [5.74, 6) is 1.17. The second kappa shape index (κ2) is 7.49. The SMILES string of the molecule is CCc1nc2c(c(-c3ccc(O)cc3)n1)CN(Cc1ccc(C)cc1)CC2. The van der Waals surface area contributed by atoms with Crippen LogP contribution in [0.1, 0.15) is 35.1 Å². The molecule has 27 heavy (non-hydrogen) atoms. The van der Waals surface area contributed by atoms with Crippen LogP contribution in [-0.2, 0) is 25.9 Å². The maximum Gasteiger partial charge on any atom is 0.129 e. The molecule has 0 atom stereocenters. The third kappa shape index (κ3) is 3.86. The molecule has 0 saturated heterocycles. The minimum absolute atomic E-state index is 0.276. The van der Waals surface area contributed by atoms with E-state index in [1.807, 2.05) is 12.1 Å². The van der Waals surface area contributed by atoms with Crippen LogP contribution in [0, 0.1) is 6.92 Å². The second-order valence-electron chi connectivity index (χ2n) is 7.26. The third-order valence-electron chi connectivity index (χ3n) is 5.17. The van der Waals surface area contributed by atoms with Gasteiger partial charge in [0, 0.05) is 43.6 Å². The molecule has 0 bridgehead atoms. The Kier molecular flexibility index (Phi) is 4.90. The quantitative estimate of drug-likeness (QED) is 0.755. The highest BCUT2D eigenvalue weighted by Crippen LogP contribution is 2.30. The number of aromatic nitrogens is 2. The molecular formula is C23H25N3O. The zero-order valence-electron chi connectivity index (χ0n) is 15.9. The summed E-state index contributed by atoms with van der Waals surface area (Å²) in [5.41, 5.74) is 7.06. The molecule has 0 amide bonds. The van der Waals surface area contributed by atoms with Crippen molar-refractivity contribution in [2.45, 2.75) is 39.8 Å². The van der Waals surface area contributed by atoms with Crippen molar-refractivity contribution < 1.29 is 5.11 Å². The first-order valence-corrected chi connectivity index (χ1v) is 9.58. The van der Waals surface area contributed by atoms with Gasteiger partial charge in [-0.3, -0.25) is 4.90 Å². The number of rotatable bonds is 4. The summed E-state index contributed by atoms with van der Waals surface area (Å²) >= 11 is 0. The van der Waals surface area contributed by atoms with Crippen LogP contribution in [0.2, 0.25) is 0 Å². The fraction of sp³-hybridized carbons (Fsp3) is 0.304. The highest BCUT2D eigenvalue weighted by molar-refractivity contribution is 5.65. The fourth-order valence-corrected chi connectivity index (χ4v) is 3.62. The Bertz CT molecular complexity index is 933. The van der Waals surface area contributed by atoms with Gasteiger partial charge in [-0.1, -0.05) is 36.8 Å². The van der Waals surface area contributed by atoms with Gasteiger partial charge in [-0.05, 0) is 36.8 Å². The Morgan fingerprint density at radius 1 is 1.00 bits per heavy atom. The van der Waals surface area contributed by atoms with Crippen LogP contribution in [0.5, 0.6) is 5.75 Å². The van der Waals surface area contributed by atoms with Gasteiger partial charge >= 0.3 is 0 Å². The van der Waals surface area contributed by atoms with E-state index < -0.39 is 0 Å². The molecule has 4 nitrogen and oxygen atoms in total. The maximum absolute atomic E-state index is 9.63. The lowest BCUT2D eigenvalue weighted by Gasteiger charge is -2.29. The summed E-state index contributed by atoms with van der Waals surface area (Å²) in [6, 6.07) is 16.1. The number of hydrogen-bond donors (Lipinski definition) is 1. The maximum atomic E-state index is 9.63. The van der Waals surface area contributed by atoms with Gasteiger partial charge in [-0.25, -0.2) is 9.97 Å². The van der Waals surface area contributed by atoms with E-state index in [1.165, 1.54) is 22.4 Å². The molecule has 138 valence electrons. The average molecular weight is 359 g/mol. The van der Waals surface area contributed by atoms with Crippen LogP contribution in [0.3, 0.4) is 0 Å². The average Bonchev–Trinajstić information content (AvgIpc) is 2.69. The molecule has 1 aromatic heterocycles. The Balaban J connectivity index is 1.66. The normalized spacial score (nSPS) is 14.1. The molecule has 1 aliphatic heterocycles. The van der Waals surface area contributed by atoms with Gasteiger partial charge in [0.25, 0.3) is 0 Å². The Labute approximate surface area is 160 Å². The van der Waals surface area contributed by atoms with Crippen molar-refractivity contribution in [3.63, 3.8) is 0 Å². The number of hydrogen-bond acceptors (Lipinski definition) is 4. The highest BCUT2D eigenvalue weighted by atomic mass is 16.3. The van der Waals surface area contributed by atoms with Gasteiger partial charge in [-0.15, -0.1) is 0 Å². The van der Waals surface area contributed by atoms with Gasteiger partial charge in [0.05, 0.1) is 11.4 Å². The number of benzene rings is 2. The van der Waals surface area contributed by atoms with Crippen molar-refractivity contribution in [1.29, 1.82) is 0 Å². The molecular weight excluding hydrogens is 334 g/mol. The minimum Gasteiger partial charge on any atom is -0.508 e. The van der Waals surface area contributed by atoms with Crippen LogP contribution in [-0.4, -0.2) is 26.5 Å². The van der Waals surface area contributed by atoms with E-state index in [0.717, 1.165) is 49.6 Å². The number of phenols is 1. The molecule has 2 heterocycles. The molecule has 3 aromatic rings. The predicted octanol–water partition coefficient (Wildman–Crippen LogP) is 4.28. The van der Waals surface area contributed by atoms with Crippen molar-refractivity contribution in [3.8, 4) is 17.0 Å². The van der Waals surface area contributed by atoms with Gasteiger partial charge in [0.2, 0.25) is 0 Å². The Morgan fingerprint density at radius 2 is 1.74 bits per heavy atom. The number of aryl methyl sites for hydroxylation is 2. The first-order valence-electron chi connectivity index (χ1n) is 9.58. The topological polar surface area (TPSA) is 49.3 Å². The highest BCUT2D eigenvalue weighted by Gasteiger charge is 2.23. The summed E-state index contributed by atoms with van der Waals surface area (Å²) in [4.78, 5) is 12.1. The molecule has 2 aromatic carbocycles. The van der Waals surface area contributed by atoms with Gasteiger partial charge in [-0.2, -0.15) is 0 Å². The van der Waals surface area contributed by atoms with E-state index in [0.29, 0.717) is 0 Å². The molecule has 0 fully saturated rings. The van der Waals surface area contributed by atoms with E-state index in [4.69, 9.17) is 9.97 Å². The van der Waals surface area contributed by atoms with Gasteiger partial charge < -0.3 is 5.11 Å². The Morgan fingerprint density at radius 3 is 2.44 bits per heavy atom. The fourth-order valence-electron chi connectivity index (χ4n) is 3.62. The monoisotopic (exact) mass is 359 g/mol. The summed E-state index contributed by atoms with van der Waals surface area (Å²) in [6.07, 6.45) is 1.77. The predicted molar refractivity (Wildman–Crippen MR) is 108 cm³/mol. The standard InChI is InChI=1S/C23H25N3O/c1-3-22-24-21-12-13-26(14-17-6-4-16(2)5-7-17)15-20(21)23(25-22)18-8-10-19(27)11-9-18/h4-11,27H,3,12-15H2,1-2H3. The second-order valence-corrected chi connectivity index (χ2v) is 7.26. The molecule has 0 radical (unpaired) electrons. The molecule has 0 unspecified atom stereocenters. The van der Waals surface area contributed by atoms with Gasteiger partial charge in [0.15, 0.2) is 0 Å². The van der Waals surface area contributed by atoms with Crippen LogP contribution in [0.4, 0.5) is 0 Å². The van der Waals surface area contributed by atoms with Crippen LogP contribution in [0.15, 0.2) is 48.5 Å². The molecule has 0 spiro atoms. The van der Waals surface area contributed by atoms with Crippen molar-refractivity contribution in [2.24, 2.45) is 0 Å². The minimum atomic E-state index is 0.276. The molecule has 0 saturated carbocycles. The van der Waals surface area contributed by atoms with Crippen molar-refractivity contribution >= 4 is 0 Å². The van der Waals surface area contributed by atoms with Crippen molar-refractivity contribution in [2.75, 3.05) is 6.54 Å². The van der Waals surface area contributed by atoms with E-state index in [9.17, 15) is 5.11 Å². The van der Waals surface area contributed by atoms with Crippen LogP contribution < -0.4 is 0 Å². The summed E-state index contributed by atoms with van der Waals surface area (Å²) in [5, 5.41) is 9.63. The summed E-state index contributed by atoms with van der Waals surface area (Å²) < 4.78 is 0. The van der Waals surface area contributed by atoms with Crippen molar-refractivity contribution in [1.82, 2.24) is 14.9 Å². The lowest BCUT2D eigenvalue weighted by molar-refractivity contribution is 0.243. The van der Waals surface area contributed by atoms with Crippen LogP contribution >= 0.6 is 0 Å². The van der Waals surface area contributed by atoms with E-state index in [1.54, 1.807) is 12.1 Å². The zero-order valence-corrected chi connectivity index (χ0v) is 15.9. The number of nitrogens with zero attached hydrogens (tertiary/aromatic N) is 3. The van der Waals surface area contributed by atoms with Gasteiger partial charge in [0.1, 0.15) is 11.6 Å². The smallest absolute Gasteiger partial charge is 0.129 e. The molecule has 4 heteroatoms. The lowest BCUT2D eigenvalue weighted by atomic mass is 9.98. The number of phenolic OH excluding ortho intramolecular Hbond substituents is 1. The Hall–Kier alpha value is -2.72. The summed E-state index contributed by atoms with van der Waals surface area (Å²) in [7, 11) is 0. The molecule has 4 rings (SSSR count). The third-order valence-corrected chi connectivity index (χ3v) is 5.17. The van der Waals surface area contributed by atoms with Crippen LogP contribution in [0.25, 0.3) is 11.3 Å². The van der Waals surface area contributed by atoms with Crippen molar-refractivity contribution in [3.05, 3.63) is 76.7 Å². The summed E-state index contributed by atoms with van der Waals surface area (Å²) in [6.45, 7) is 7.01. The number of fused-ring (bicyclic) bond motifs is 1. The van der Waals surface area contributed by atoms with E-state index in [2.05, 4.69) is 43.0 Å². The van der Waals surface area contributed by atoms with E-state index >= 15 is 0 Å². The first-order chi connectivity index (χ1) is 13.1. The lowest BCUT2D eigenvalue weighted by Crippen LogP contribution is -2.31. The molecule has 1 aliphatic rings. The largest absolute Gasteiger partial charge is 0.508 e. The number of aromatic hydroxyl groups is 1. The first kappa shape index (κ1) is 17.7.